The van der Waals surface area contributed by atoms with E-state index in [0.717, 1.165) is 19.1 Å². The minimum Gasteiger partial charge on any atom is -0.368 e. The second-order valence-corrected chi connectivity index (χ2v) is 3.79. The molecule has 0 saturated carbocycles. The first kappa shape index (κ1) is 10.6. The zero-order valence-electron chi connectivity index (χ0n) is 8.80. The lowest BCUT2D eigenvalue weighted by atomic mass is 10.2. The summed E-state index contributed by atoms with van der Waals surface area (Å²) < 4.78 is 0. The van der Waals surface area contributed by atoms with Gasteiger partial charge < -0.3 is 10.6 Å². The summed E-state index contributed by atoms with van der Waals surface area (Å²) in [4.78, 5) is 28.1. The van der Waals surface area contributed by atoms with Gasteiger partial charge in [-0.2, -0.15) is 0 Å². The normalized spacial score (nSPS) is 19.8. The predicted molar refractivity (Wildman–Crippen MR) is 59.2 cm³/mol. The molecule has 1 atom stereocenters. The summed E-state index contributed by atoms with van der Waals surface area (Å²) >= 11 is 0. The third kappa shape index (κ3) is 1.76. The highest BCUT2D eigenvalue weighted by molar-refractivity contribution is 5.88. The van der Waals surface area contributed by atoms with Crippen LogP contribution in [-0.4, -0.2) is 29.8 Å². The van der Waals surface area contributed by atoms with Gasteiger partial charge in [-0.3, -0.25) is 9.59 Å². The first-order valence-corrected chi connectivity index (χ1v) is 5.20. The number of primary amides is 1. The average Bonchev–Trinajstić information content (AvgIpc) is 2.77. The lowest BCUT2D eigenvalue weighted by molar-refractivity contribution is -0.119. The number of carbonyl (C=O) groups is 2. The van der Waals surface area contributed by atoms with Crippen molar-refractivity contribution < 1.29 is 9.59 Å². The molecule has 1 aromatic heterocycles. The van der Waals surface area contributed by atoms with Gasteiger partial charge in [0.2, 0.25) is 5.91 Å². The van der Waals surface area contributed by atoms with E-state index in [0.29, 0.717) is 17.9 Å². The van der Waals surface area contributed by atoms with Gasteiger partial charge in [0, 0.05) is 12.7 Å². The summed E-state index contributed by atoms with van der Waals surface area (Å²) in [5, 5.41) is 0. The van der Waals surface area contributed by atoms with Crippen LogP contribution in [0.3, 0.4) is 0 Å². The third-order valence-electron chi connectivity index (χ3n) is 2.80. The number of carbonyl (C=O) groups excluding carboxylic acids is 2. The van der Waals surface area contributed by atoms with Crippen LogP contribution in [0.25, 0.3) is 0 Å². The van der Waals surface area contributed by atoms with E-state index in [1.807, 2.05) is 4.90 Å². The molecule has 2 heterocycles. The van der Waals surface area contributed by atoms with Gasteiger partial charge in [-0.05, 0) is 25.0 Å². The van der Waals surface area contributed by atoms with Crippen LogP contribution < -0.4 is 10.6 Å². The van der Waals surface area contributed by atoms with E-state index in [4.69, 9.17) is 5.73 Å². The highest BCUT2D eigenvalue weighted by Gasteiger charge is 2.30. The van der Waals surface area contributed by atoms with Crippen LogP contribution in [-0.2, 0) is 4.79 Å². The number of hydrogen-bond acceptors (Lipinski definition) is 4. The van der Waals surface area contributed by atoms with E-state index in [1.165, 1.54) is 0 Å². The number of nitrogens with zero attached hydrogens (tertiary/aromatic N) is 2. The second-order valence-electron chi connectivity index (χ2n) is 3.79. The van der Waals surface area contributed by atoms with Gasteiger partial charge >= 0.3 is 0 Å². The number of nitrogens with two attached hydrogens (primary N) is 1. The molecule has 2 rings (SSSR count). The van der Waals surface area contributed by atoms with Crippen LogP contribution in [0, 0.1) is 0 Å². The minimum atomic E-state index is -0.361. The van der Waals surface area contributed by atoms with Crippen LogP contribution in [0.4, 0.5) is 5.82 Å². The highest BCUT2D eigenvalue weighted by atomic mass is 16.1. The fourth-order valence-electron chi connectivity index (χ4n) is 2.06. The fourth-order valence-corrected chi connectivity index (χ4v) is 2.06. The lowest BCUT2D eigenvalue weighted by Gasteiger charge is -2.24. The smallest absolute Gasteiger partial charge is 0.240 e. The van der Waals surface area contributed by atoms with E-state index in [2.05, 4.69) is 4.98 Å². The molecule has 1 amide bonds. The molecular formula is C11H13N3O2. The molecular weight excluding hydrogens is 206 g/mol. The summed E-state index contributed by atoms with van der Waals surface area (Å²) in [7, 11) is 0. The van der Waals surface area contributed by atoms with Crippen LogP contribution in [0.15, 0.2) is 18.3 Å². The van der Waals surface area contributed by atoms with Gasteiger partial charge in [-0.1, -0.05) is 0 Å². The molecule has 0 radical (unpaired) electrons. The molecule has 0 spiro atoms. The van der Waals surface area contributed by atoms with Crippen molar-refractivity contribution in [2.75, 3.05) is 11.4 Å². The van der Waals surface area contributed by atoms with Gasteiger partial charge in [-0.15, -0.1) is 0 Å². The second kappa shape index (κ2) is 4.30. The zero-order chi connectivity index (χ0) is 11.5. The Balaban J connectivity index is 2.36. The Labute approximate surface area is 93.3 Å². The maximum absolute atomic E-state index is 11.2. The first-order chi connectivity index (χ1) is 7.74. The quantitative estimate of drug-likeness (QED) is 0.744. The Morgan fingerprint density at radius 3 is 3.12 bits per heavy atom. The van der Waals surface area contributed by atoms with Crippen molar-refractivity contribution >= 4 is 18.0 Å². The maximum atomic E-state index is 11.2. The fraction of sp³-hybridized carbons (Fsp3) is 0.364. The Morgan fingerprint density at radius 2 is 2.44 bits per heavy atom. The van der Waals surface area contributed by atoms with Gasteiger partial charge in [0.25, 0.3) is 0 Å². The van der Waals surface area contributed by atoms with Gasteiger partial charge in [-0.25, -0.2) is 4.98 Å². The summed E-state index contributed by atoms with van der Waals surface area (Å²) in [5.74, 6) is 0.193. The summed E-state index contributed by atoms with van der Waals surface area (Å²) in [6.07, 6.45) is 3.98. The molecule has 16 heavy (non-hydrogen) atoms. The Hall–Kier alpha value is -1.91. The van der Waals surface area contributed by atoms with Crippen molar-refractivity contribution in [3.8, 4) is 0 Å². The number of rotatable bonds is 3. The molecule has 2 N–H and O–H groups in total. The standard InChI is InChI=1S/C11H13N3O2/c12-10(16)9-4-2-6-14(9)11-8(7-15)3-1-5-13-11/h1,3,5,7,9H,2,4,6H2,(H2,12,16). The number of aromatic nitrogens is 1. The zero-order valence-corrected chi connectivity index (χ0v) is 8.80. The number of pyridine rings is 1. The van der Waals surface area contributed by atoms with Crippen molar-refractivity contribution in [1.82, 2.24) is 4.98 Å². The van der Waals surface area contributed by atoms with E-state index in [1.54, 1.807) is 18.3 Å². The number of anilines is 1. The molecule has 5 heteroatoms. The van der Waals surface area contributed by atoms with E-state index >= 15 is 0 Å². The van der Waals surface area contributed by atoms with Crippen molar-refractivity contribution in [1.29, 1.82) is 0 Å². The van der Waals surface area contributed by atoms with Crippen LogP contribution >= 0.6 is 0 Å². The topological polar surface area (TPSA) is 76.3 Å². The number of hydrogen-bond donors (Lipinski definition) is 1. The Bertz CT molecular complexity index is 419. The maximum Gasteiger partial charge on any atom is 0.240 e. The average molecular weight is 219 g/mol. The highest BCUT2D eigenvalue weighted by Crippen LogP contribution is 2.25. The minimum absolute atomic E-state index is 0.339. The molecule has 1 aromatic rings. The van der Waals surface area contributed by atoms with Crippen LogP contribution in [0.2, 0.25) is 0 Å². The molecule has 1 unspecified atom stereocenters. The summed E-state index contributed by atoms with van der Waals surface area (Å²) in [6.45, 7) is 0.714. The van der Waals surface area contributed by atoms with Crippen molar-refractivity contribution in [3.05, 3.63) is 23.9 Å². The number of amides is 1. The molecule has 1 saturated heterocycles. The van der Waals surface area contributed by atoms with Crippen LogP contribution in [0.1, 0.15) is 23.2 Å². The van der Waals surface area contributed by atoms with Crippen molar-refractivity contribution in [3.63, 3.8) is 0 Å². The summed E-state index contributed by atoms with van der Waals surface area (Å²) in [6, 6.07) is 3.04. The van der Waals surface area contributed by atoms with Crippen molar-refractivity contribution in [2.45, 2.75) is 18.9 Å². The molecule has 5 nitrogen and oxygen atoms in total. The molecule has 0 aromatic carbocycles. The van der Waals surface area contributed by atoms with Crippen molar-refractivity contribution in [2.24, 2.45) is 5.73 Å². The molecule has 0 aliphatic carbocycles. The number of aldehydes is 1. The van der Waals surface area contributed by atoms with E-state index < -0.39 is 0 Å². The molecule has 1 aliphatic heterocycles. The predicted octanol–water partition coefficient (Wildman–Crippen LogP) is 0.348. The van der Waals surface area contributed by atoms with E-state index in [9.17, 15) is 9.59 Å². The van der Waals surface area contributed by atoms with Gasteiger partial charge in [0.15, 0.2) is 6.29 Å². The molecule has 0 bridgehead atoms. The first-order valence-electron chi connectivity index (χ1n) is 5.20. The Morgan fingerprint density at radius 1 is 1.62 bits per heavy atom. The lowest BCUT2D eigenvalue weighted by Crippen LogP contribution is -2.41. The largest absolute Gasteiger partial charge is 0.368 e. The molecule has 1 aliphatic rings. The van der Waals surface area contributed by atoms with Gasteiger partial charge in [0.05, 0.1) is 5.56 Å². The monoisotopic (exact) mass is 219 g/mol. The molecule has 1 fully saturated rings. The van der Waals surface area contributed by atoms with Crippen LogP contribution in [0.5, 0.6) is 0 Å². The van der Waals surface area contributed by atoms with Gasteiger partial charge in [0.1, 0.15) is 11.9 Å². The summed E-state index contributed by atoms with van der Waals surface area (Å²) in [5.41, 5.74) is 5.82. The molecule has 84 valence electrons. The SMILES string of the molecule is NC(=O)C1CCCN1c1ncccc1C=O. The van der Waals surface area contributed by atoms with E-state index in [-0.39, 0.29) is 11.9 Å². The third-order valence-corrected chi connectivity index (χ3v) is 2.80. The Kier molecular flexibility index (Phi) is 2.85.